The standard InChI is InChI=1S/C25H23F4N5O/c1-14-11-15(7-9-20(14)35-3)25(22(33-23(30)34-25)32-13-24(2,28)29)16-6-8-19(26)18(12-16)17-5-4-10-31-21(17)27/h4-12H,13H2,1-3H3,(H3,30,32,33,34). The van der Waals surface area contributed by atoms with E-state index in [1.54, 1.807) is 18.2 Å². The van der Waals surface area contributed by atoms with Gasteiger partial charge in [-0.3, -0.25) is 4.99 Å². The van der Waals surface area contributed by atoms with Crippen molar-refractivity contribution in [2.24, 2.45) is 15.7 Å². The minimum absolute atomic E-state index is 0.0327. The number of guanidine groups is 1. The first kappa shape index (κ1) is 24.2. The van der Waals surface area contributed by atoms with E-state index in [0.29, 0.717) is 16.9 Å². The number of pyridine rings is 1. The van der Waals surface area contributed by atoms with Gasteiger partial charge in [-0.2, -0.15) is 4.39 Å². The lowest BCUT2D eigenvalue weighted by atomic mass is 9.80. The molecule has 0 fully saturated rings. The second-order valence-electron chi connectivity index (χ2n) is 8.29. The molecule has 10 heteroatoms. The maximum atomic E-state index is 14.9. The van der Waals surface area contributed by atoms with Crippen molar-refractivity contribution in [3.05, 3.63) is 83.2 Å². The number of aromatic nitrogens is 1. The Morgan fingerprint density at radius 2 is 1.80 bits per heavy atom. The zero-order valence-electron chi connectivity index (χ0n) is 19.2. The lowest BCUT2D eigenvalue weighted by Gasteiger charge is -2.29. The Labute approximate surface area is 199 Å². The molecule has 1 aliphatic heterocycles. The Hall–Kier alpha value is -3.95. The summed E-state index contributed by atoms with van der Waals surface area (Å²) < 4.78 is 62.2. The third-order valence-electron chi connectivity index (χ3n) is 5.64. The van der Waals surface area contributed by atoms with Gasteiger partial charge in [0, 0.05) is 24.2 Å². The highest BCUT2D eigenvalue weighted by Crippen LogP contribution is 2.41. The number of rotatable bonds is 6. The minimum atomic E-state index is -3.10. The predicted molar refractivity (Wildman–Crippen MR) is 126 cm³/mol. The van der Waals surface area contributed by atoms with Crippen LogP contribution in [0.1, 0.15) is 23.6 Å². The summed E-state index contributed by atoms with van der Waals surface area (Å²) >= 11 is 0. The molecule has 1 atom stereocenters. The van der Waals surface area contributed by atoms with E-state index in [9.17, 15) is 17.6 Å². The number of benzene rings is 2. The number of alkyl halides is 2. The number of nitrogens with two attached hydrogens (primary N) is 1. The molecule has 2 heterocycles. The highest BCUT2D eigenvalue weighted by atomic mass is 19.3. The van der Waals surface area contributed by atoms with Crippen molar-refractivity contribution in [1.82, 2.24) is 10.3 Å². The third-order valence-corrected chi connectivity index (χ3v) is 5.64. The van der Waals surface area contributed by atoms with Crippen LogP contribution in [0, 0.1) is 18.7 Å². The second kappa shape index (κ2) is 9.01. The molecule has 0 saturated heterocycles. The van der Waals surface area contributed by atoms with Crippen LogP contribution in [0.25, 0.3) is 11.1 Å². The molecule has 35 heavy (non-hydrogen) atoms. The quantitative estimate of drug-likeness (QED) is 0.396. The second-order valence-corrected chi connectivity index (χ2v) is 8.29. The SMILES string of the molecule is COc1ccc(C2(c3ccc(F)c(-c4cccnc4F)c3)N=C(N)NC2=NCC(C)(F)F)cc1C. The number of aryl methyl sites for hydroxylation is 1. The number of hydrogen-bond donors (Lipinski definition) is 2. The summed E-state index contributed by atoms with van der Waals surface area (Å²) in [5.41, 5.74) is 5.96. The average molecular weight is 485 g/mol. The summed E-state index contributed by atoms with van der Waals surface area (Å²) in [5.74, 6) is -4.07. The van der Waals surface area contributed by atoms with Crippen molar-refractivity contribution in [2.75, 3.05) is 13.7 Å². The molecule has 6 nitrogen and oxygen atoms in total. The Morgan fingerprint density at radius 1 is 1.09 bits per heavy atom. The summed E-state index contributed by atoms with van der Waals surface area (Å²) in [7, 11) is 1.52. The van der Waals surface area contributed by atoms with Gasteiger partial charge in [-0.25, -0.2) is 23.1 Å². The van der Waals surface area contributed by atoms with Gasteiger partial charge in [0.2, 0.25) is 5.95 Å². The summed E-state index contributed by atoms with van der Waals surface area (Å²) in [5, 5.41) is 2.78. The number of nitrogens with zero attached hydrogens (tertiary/aromatic N) is 3. The van der Waals surface area contributed by atoms with Gasteiger partial charge in [-0.05, 0) is 60.0 Å². The molecule has 1 aromatic heterocycles. The molecule has 3 aromatic rings. The molecule has 2 aromatic carbocycles. The normalized spacial score (nSPS) is 18.9. The Morgan fingerprint density at radius 3 is 2.46 bits per heavy atom. The number of amidine groups is 1. The summed E-state index contributed by atoms with van der Waals surface area (Å²) in [4.78, 5) is 12.3. The van der Waals surface area contributed by atoms with Gasteiger partial charge in [0.25, 0.3) is 5.92 Å². The molecule has 0 amide bonds. The molecule has 3 N–H and O–H groups in total. The van der Waals surface area contributed by atoms with Gasteiger partial charge in [-0.1, -0.05) is 12.1 Å². The number of methoxy groups -OCH3 is 1. The van der Waals surface area contributed by atoms with Gasteiger partial charge >= 0.3 is 0 Å². The molecule has 0 spiro atoms. The van der Waals surface area contributed by atoms with Crippen LogP contribution in [0.3, 0.4) is 0 Å². The van der Waals surface area contributed by atoms with Crippen LogP contribution in [0.15, 0.2) is 64.7 Å². The maximum absolute atomic E-state index is 14.9. The molecule has 1 unspecified atom stereocenters. The van der Waals surface area contributed by atoms with Crippen LogP contribution >= 0.6 is 0 Å². The van der Waals surface area contributed by atoms with E-state index < -0.39 is 29.8 Å². The van der Waals surface area contributed by atoms with E-state index in [1.165, 1.54) is 37.6 Å². The van der Waals surface area contributed by atoms with Crippen molar-refractivity contribution in [1.29, 1.82) is 0 Å². The minimum Gasteiger partial charge on any atom is -0.496 e. The fourth-order valence-corrected chi connectivity index (χ4v) is 4.06. The monoisotopic (exact) mass is 485 g/mol. The van der Waals surface area contributed by atoms with E-state index in [1.807, 2.05) is 6.92 Å². The van der Waals surface area contributed by atoms with Gasteiger partial charge in [0.1, 0.15) is 23.9 Å². The van der Waals surface area contributed by atoms with Crippen LogP contribution in [0.2, 0.25) is 0 Å². The van der Waals surface area contributed by atoms with Gasteiger partial charge < -0.3 is 15.8 Å². The molecule has 0 saturated carbocycles. The van der Waals surface area contributed by atoms with Crippen molar-refractivity contribution < 1.29 is 22.3 Å². The Balaban J connectivity index is 2.00. The van der Waals surface area contributed by atoms with Gasteiger partial charge in [0.15, 0.2) is 11.5 Å². The topological polar surface area (TPSA) is 84.9 Å². The van der Waals surface area contributed by atoms with Crippen LogP contribution < -0.4 is 15.8 Å². The van der Waals surface area contributed by atoms with Gasteiger partial charge in [0.05, 0.1) is 7.11 Å². The first-order valence-corrected chi connectivity index (χ1v) is 10.7. The number of nitrogens with one attached hydrogen (secondary N) is 1. The van der Waals surface area contributed by atoms with Crippen LogP contribution in [0.4, 0.5) is 17.6 Å². The first-order chi connectivity index (χ1) is 16.5. The van der Waals surface area contributed by atoms with E-state index in [4.69, 9.17) is 10.5 Å². The average Bonchev–Trinajstić information content (AvgIpc) is 3.15. The van der Waals surface area contributed by atoms with Crippen LogP contribution in [0.5, 0.6) is 5.75 Å². The van der Waals surface area contributed by atoms with E-state index in [2.05, 4.69) is 20.3 Å². The molecule has 1 aliphatic rings. The summed E-state index contributed by atoms with van der Waals surface area (Å²) in [6.45, 7) is 1.72. The molecule has 0 bridgehead atoms. The van der Waals surface area contributed by atoms with Crippen molar-refractivity contribution in [2.45, 2.75) is 25.3 Å². The predicted octanol–water partition coefficient (Wildman–Crippen LogP) is 4.56. The van der Waals surface area contributed by atoms with E-state index in [-0.39, 0.29) is 22.9 Å². The van der Waals surface area contributed by atoms with E-state index in [0.717, 1.165) is 18.6 Å². The number of ether oxygens (including phenoxy) is 1. The Bertz CT molecular complexity index is 1340. The van der Waals surface area contributed by atoms with Crippen LogP contribution in [-0.4, -0.2) is 36.4 Å². The number of halogens is 4. The lowest BCUT2D eigenvalue weighted by Crippen LogP contribution is -2.41. The smallest absolute Gasteiger partial charge is 0.264 e. The zero-order chi connectivity index (χ0) is 25.4. The number of aliphatic imine (C=N–C) groups is 2. The highest BCUT2D eigenvalue weighted by Gasteiger charge is 2.45. The summed E-state index contributed by atoms with van der Waals surface area (Å²) in [6, 6.07) is 12.0. The molecule has 4 rings (SSSR count). The number of hydrogen-bond acceptors (Lipinski definition) is 5. The molecular weight excluding hydrogens is 462 g/mol. The zero-order valence-corrected chi connectivity index (χ0v) is 19.2. The third kappa shape index (κ3) is 4.55. The lowest BCUT2D eigenvalue weighted by molar-refractivity contribution is 0.0325. The van der Waals surface area contributed by atoms with Gasteiger partial charge in [-0.15, -0.1) is 0 Å². The van der Waals surface area contributed by atoms with E-state index >= 15 is 0 Å². The first-order valence-electron chi connectivity index (χ1n) is 10.7. The highest BCUT2D eigenvalue weighted by molar-refractivity contribution is 6.12. The fraction of sp³-hybridized carbons (Fsp3) is 0.240. The van der Waals surface area contributed by atoms with Crippen molar-refractivity contribution in [3.8, 4) is 16.9 Å². The van der Waals surface area contributed by atoms with Crippen molar-refractivity contribution in [3.63, 3.8) is 0 Å². The molecule has 0 aliphatic carbocycles. The molecular formula is C25H23F4N5O. The fourth-order valence-electron chi connectivity index (χ4n) is 4.06. The molecule has 0 radical (unpaired) electrons. The van der Waals surface area contributed by atoms with Crippen LogP contribution in [-0.2, 0) is 5.54 Å². The molecule has 182 valence electrons. The van der Waals surface area contributed by atoms with Crippen molar-refractivity contribution >= 4 is 11.8 Å². The maximum Gasteiger partial charge on any atom is 0.264 e. The Kier molecular flexibility index (Phi) is 6.23. The largest absolute Gasteiger partial charge is 0.496 e. The summed E-state index contributed by atoms with van der Waals surface area (Å²) in [6.07, 6.45) is 1.25.